The van der Waals surface area contributed by atoms with E-state index in [0.717, 1.165) is 0 Å². The lowest BCUT2D eigenvalue weighted by Crippen LogP contribution is -2.30. The Kier molecular flexibility index (Phi) is 2.33. The number of benzene rings is 1. The van der Waals surface area contributed by atoms with Crippen molar-refractivity contribution in [3.05, 3.63) is 53.1 Å². The molecule has 1 aromatic carbocycles. The molecule has 0 saturated heterocycles. The first-order chi connectivity index (χ1) is 9.19. The maximum Gasteiger partial charge on any atom is 0.00645 e. The molecule has 1 fully saturated rings. The minimum atomic E-state index is 0.516. The van der Waals surface area contributed by atoms with Crippen LogP contribution in [0.5, 0.6) is 0 Å². The van der Waals surface area contributed by atoms with Crippen molar-refractivity contribution >= 4 is 5.57 Å². The second kappa shape index (κ2) is 3.85. The van der Waals surface area contributed by atoms with Gasteiger partial charge in [0.1, 0.15) is 0 Å². The van der Waals surface area contributed by atoms with Gasteiger partial charge >= 0.3 is 0 Å². The summed E-state index contributed by atoms with van der Waals surface area (Å²) in [5, 5.41) is 0. The number of rotatable bonds is 0. The quantitative estimate of drug-likeness (QED) is 0.558. The van der Waals surface area contributed by atoms with E-state index in [9.17, 15) is 0 Å². The van der Waals surface area contributed by atoms with Crippen LogP contribution >= 0.6 is 0 Å². The van der Waals surface area contributed by atoms with Gasteiger partial charge in [0.25, 0.3) is 0 Å². The van der Waals surface area contributed by atoms with Crippen LogP contribution in [0.2, 0.25) is 0 Å². The lowest BCUT2D eigenvalue weighted by Gasteiger charge is -2.42. The molecule has 2 atom stereocenters. The first-order valence-corrected chi connectivity index (χ1v) is 7.67. The number of aryl methyl sites for hydroxylation is 1. The fourth-order valence-corrected chi connectivity index (χ4v) is 4.81. The molecule has 0 nitrogen and oxygen atoms in total. The van der Waals surface area contributed by atoms with Crippen molar-refractivity contribution in [1.29, 1.82) is 0 Å². The fourth-order valence-electron chi connectivity index (χ4n) is 4.81. The summed E-state index contributed by atoms with van der Waals surface area (Å²) < 4.78 is 0. The summed E-state index contributed by atoms with van der Waals surface area (Å²) in [4.78, 5) is 0. The van der Waals surface area contributed by atoms with E-state index in [0.29, 0.717) is 11.3 Å². The molecular weight excluding hydrogens is 228 g/mol. The summed E-state index contributed by atoms with van der Waals surface area (Å²) in [6, 6.07) is 9.04. The monoisotopic (exact) mass is 250 g/mol. The highest BCUT2D eigenvalue weighted by Crippen LogP contribution is 2.59. The van der Waals surface area contributed by atoms with Crippen LogP contribution in [-0.2, 0) is 6.42 Å². The molecule has 0 amide bonds. The van der Waals surface area contributed by atoms with Gasteiger partial charge in [0, 0.05) is 5.92 Å². The van der Waals surface area contributed by atoms with Crippen LogP contribution in [0.25, 0.3) is 5.57 Å². The van der Waals surface area contributed by atoms with E-state index in [-0.39, 0.29) is 0 Å². The Hall–Kier alpha value is -1.30. The molecule has 0 heterocycles. The van der Waals surface area contributed by atoms with Gasteiger partial charge < -0.3 is 0 Å². The highest BCUT2D eigenvalue weighted by Gasteiger charge is 2.46. The van der Waals surface area contributed by atoms with Crippen LogP contribution in [0, 0.1) is 11.3 Å². The van der Waals surface area contributed by atoms with Gasteiger partial charge in [-0.2, -0.15) is 0 Å². The van der Waals surface area contributed by atoms with E-state index in [4.69, 9.17) is 0 Å². The van der Waals surface area contributed by atoms with Crippen molar-refractivity contribution in [2.24, 2.45) is 11.3 Å². The van der Waals surface area contributed by atoms with Gasteiger partial charge in [-0.3, -0.25) is 0 Å². The number of hydrogen-bond donors (Lipinski definition) is 0. The molecule has 0 aromatic heterocycles. The molecule has 0 aliphatic heterocycles. The summed E-state index contributed by atoms with van der Waals surface area (Å²) in [5.74, 6) is 0.685. The lowest BCUT2D eigenvalue weighted by atomic mass is 9.62. The Labute approximate surface area is 116 Å². The predicted octanol–water partition coefficient (Wildman–Crippen LogP) is 5.15. The average Bonchev–Trinajstić information content (AvgIpc) is 2.74. The number of fused-ring (bicyclic) bond motifs is 4. The van der Waals surface area contributed by atoms with Crippen molar-refractivity contribution in [3.63, 3.8) is 0 Å². The molecule has 0 unspecified atom stereocenters. The van der Waals surface area contributed by atoms with Gasteiger partial charge in [-0.15, -0.1) is 0 Å². The maximum absolute atomic E-state index is 4.40. The zero-order valence-electron chi connectivity index (χ0n) is 11.8. The van der Waals surface area contributed by atoms with Crippen molar-refractivity contribution < 1.29 is 0 Å². The topological polar surface area (TPSA) is 0 Å². The normalized spacial score (nSPS) is 32.9. The zero-order chi connectivity index (χ0) is 13.0. The average molecular weight is 250 g/mol. The van der Waals surface area contributed by atoms with Crippen LogP contribution in [0.15, 0.2) is 42.0 Å². The third kappa shape index (κ3) is 1.52. The second-order valence-electron chi connectivity index (χ2n) is 6.91. The molecule has 4 rings (SSSR count). The lowest BCUT2D eigenvalue weighted by molar-refractivity contribution is 0.241. The summed E-state index contributed by atoms with van der Waals surface area (Å²) in [7, 11) is 0. The SMILES string of the molecule is C=C1CC[C@@]2(C)CCC3=C(CCc4ccccc43)[C@H]12. The number of allylic oxidation sites excluding steroid dienone is 3. The van der Waals surface area contributed by atoms with Gasteiger partial charge in [0.15, 0.2) is 0 Å². The van der Waals surface area contributed by atoms with E-state index in [1.54, 1.807) is 22.3 Å². The van der Waals surface area contributed by atoms with Crippen LogP contribution < -0.4 is 0 Å². The summed E-state index contributed by atoms with van der Waals surface area (Å²) >= 11 is 0. The molecule has 3 aliphatic rings. The molecule has 3 aliphatic carbocycles. The van der Waals surface area contributed by atoms with Crippen molar-refractivity contribution in [2.75, 3.05) is 0 Å². The van der Waals surface area contributed by atoms with Gasteiger partial charge in [-0.25, -0.2) is 0 Å². The van der Waals surface area contributed by atoms with E-state index in [1.165, 1.54) is 44.1 Å². The van der Waals surface area contributed by atoms with Gasteiger partial charge in [0.05, 0.1) is 0 Å². The number of hydrogen-bond acceptors (Lipinski definition) is 0. The van der Waals surface area contributed by atoms with Gasteiger partial charge in [0.2, 0.25) is 0 Å². The minimum Gasteiger partial charge on any atom is -0.0992 e. The standard InChI is InChI=1S/C19H22/c1-13-9-11-19(2)12-10-16-15-6-4-3-5-14(15)7-8-17(16)18(13)19/h3-6,18H,1,7-12H2,2H3/t18-,19-/m0/s1. The first kappa shape index (κ1) is 11.5. The highest BCUT2D eigenvalue weighted by atomic mass is 14.5. The van der Waals surface area contributed by atoms with E-state index in [1.807, 2.05) is 0 Å². The summed E-state index contributed by atoms with van der Waals surface area (Å²) in [6.07, 6.45) is 7.74. The second-order valence-corrected chi connectivity index (χ2v) is 6.91. The molecule has 1 saturated carbocycles. The molecule has 0 bridgehead atoms. The third-order valence-corrected chi connectivity index (χ3v) is 5.81. The Bertz CT molecular complexity index is 590. The van der Waals surface area contributed by atoms with Gasteiger partial charge in [-0.1, -0.05) is 48.9 Å². The predicted molar refractivity (Wildman–Crippen MR) is 80.9 cm³/mol. The van der Waals surface area contributed by atoms with Crippen LogP contribution in [0.4, 0.5) is 0 Å². The summed E-state index contributed by atoms with van der Waals surface area (Å²) in [6.45, 7) is 6.90. The Morgan fingerprint density at radius 3 is 2.74 bits per heavy atom. The largest absolute Gasteiger partial charge is 0.0992 e. The molecule has 0 radical (unpaired) electrons. The Balaban J connectivity index is 1.89. The maximum atomic E-state index is 4.40. The van der Waals surface area contributed by atoms with E-state index in [2.05, 4.69) is 37.8 Å². The molecular formula is C19H22. The molecule has 19 heavy (non-hydrogen) atoms. The Morgan fingerprint density at radius 1 is 1.05 bits per heavy atom. The van der Waals surface area contributed by atoms with Gasteiger partial charge in [-0.05, 0) is 60.6 Å². The minimum absolute atomic E-state index is 0.516. The fraction of sp³-hybridized carbons (Fsp3) is 0.474. The van der Waals surface area contributed by atoms with Crippen LogP contribution in [-0.4, -0.2) is 0 Å². The van der Waals surface area contributed by atoms with Crippen molar-refractivity contribution in [2.45, 2.75) is 45.4 Å². The Morgan fingerprint density at radius 2 is 1.84 bits per heavy atom. The molecule has 0 N–H and O–H groups in total. The van der Waals surface area contributed by atoms with E-state index < -0.39 is 0 Å². The highest BCUT2D eigenvalue weighted by molar-refractivity contribution is 5.75. The molecule has 98 valence electrons. The smallest absolute Gasteiger partial charge is 0.00645 e. The zero-order valence-corrected chi connectivity index (χ0v) is 11.8. The molecule has 0 spiro atoms. The summed E-state index contributed by atoms with van der Waals surface area (Å²) in [5.41, 5.74) is 8.55. The first-order valence-electron chi connectivity index (χ1n) is 7.67. The van der Waals surface area contributed by atoms with Crippen molar-refractivity contribution in [1.82, 2.24) is 0 Å². The van der Waals surface area contributed by atoms with E-state index >= 15 is 0 Å². The third-order valence-electron chi connectivity index (χ3n) is 5.81. The van der Waals surface area contributed by atoms with Crippen LogP contribution in [0.1, 0.15) is 50.2 Å². The molecule has 1 aromatic rings. The molecule has 0 heteroatoms. The van der Waals surface area contributed by atoms with Crippen molar-refractivity contribution in [3.8, 4) is 0 Å². The van der Waals surface area contributed by atoms with Crippen LogP contribution in [0.3, 0.4) is 0 Å².